The number of likely N-dealkylation sites (tertiary alicyclic amines) is 1. The maximum atomic E-state index is 12.3. The summed E-state index contributed by atoms with van der Waals surface area (Å²) in [5, 5.41) is 0. The third-order valence-corrected chi connectivity index (χ3v) is 4.90. The summed E-state index contributed by atoms with van der Waals surface area (Å²) in [4.78, 5) is 14.9. The van der Waals surface area contributed by atoms with Crippen LogP contribution in [0.15, 0.2) is 54.6 Å². The number of Topliss-reactive ketones (excluding diaryl/α,β-unsaturated/α-hetero) is 1. The molecular weight excluding hydrogens is 294 g/mol. The van der Waals surface area contributed by atoms with E-state index in [-0.39, 0.29) is 5.78 Å². The predicted molar refractivity (Wildman–Crippen MR) is 99.5 cm³/mol. The first-order chi connectivity index (χ1) is 11.8. The summed E-state index contributed by atoms with van der Waals surface area (Å²) in [5.74, 6) is 0.238. The molecule has 0 saturated carbocycles. The molecule has 2 aromatic carbocycles. The van der Waals surface area contributed by atoms with Gasteiger partial charge in [0.25, 0.3) is 0 Å². The van der Waals surface area contributed by atoms with Crippen molar-refractivity contribution in [1.82, 2.24) is 4.90 Å². The molecule has 0 N–H and O–H groups in total. The van der Waals surface area contributed by atoms with Crippen LogP contribution in [0.25, 0.3) is 0 Å². The zero-order valence-electron chi connectivity index (χ0n) is 14.4. The number of carbonyl (C=O) groups is 1. The maximum Gasteiger partial charge on any atom is 0.163 e. The molecule has 1 fully saturated rings. The van der Waals surface area contributed by atoms with Crippen molar-refractivity contribution < 1.29 is 4.79 Å². The van der Waals surface area contributed by atoms with E-state index in [1.165, 1.54) is 50.0 Å². The normalized spacial score (nSPS) is 14.8. The Balaban J connectivity index is 1.43. The second kappa shape index (κ2) is 8.79. The van der Waals surface area contributed by atoms with E-state index >= 15 is 0 Å². The van der Waals surface area contributed by atoms with Gasteiger partial charge in [-0.15, -0.1) is 0 Å². The zero-order chi connectivity index (χ0) is 16.6. The molecule has 0 unspecified atom stereocenters. The Morgan fingerprint density at radius 2 is 1.50 bits per heavy atom. The standard InChI is InChI=1S/C22H27NO/c24-22(15-12-19-7-2-1-3-8-19)21-13-10-20(11-14-21)9-6-18-23-16-4-5-17-23/h1-3,7-8,10-11,13-14H,4-6,9,12,15-18H2. The van der Waals surface area contributed by atoms with Crippen LogP contribution in [0.2, 0.25) is 0 Å². The minimum atomic E-state index is 0.238. The number of ketones is 1. The summed E-state index contributed by atoms with van der Waals surface area (Å²) in [6.07, 6.45) is 6.44. The van der Waals surface area contributed by atoms with Gasteiger partial charge in [-0.05, 0) is 62.9 Å². The monoisotopic (exact) mass is 321 g/mol. The summed E-state index contributed by atoms with van der Waals surface area (Å²) in [6, 6.07) is 18.5. The molecule has 2 nitrogen and oxygen atoms in total. The van der Waals surface area contributed by atoms with Gasteiger partial charge in [0.05, 0.1) is 0 Å². The van der Waals surface area contributed by atoms with Crippen LogP contribution in [-0.2, 0) is 12.8 Å². The van der Waals surface area contributed by atoms with E-state index in [1.54, 1.807) is 0 Å². The Bertz CT molecular complexity index is 627. The first-order valence-electron chi connectivity index (χ1n) is 9.20. The quantitative estimate of drug-likeness (QED) is 0.666. The van der Waals surface area contributed by atoms with Gasteiger partial charge in [0.1, 0.15) is 0 Å². The molecule has 0 atom stereocenters. The van der Waals surface area contributed by atoms with Crippen LogP contribution in [0.5, 0.6) is 0 Å². The highest BCUT2D eigenvalue weighted by Gasteiger charge is 2.10. The highest BCUT2D eigenvalue weighted by atomic mass is 16.1. The lowest BCUT2D eigenvalue weighted by atomic mass is 10.0. The summed E-state index contributed by atoms with van der Waals surface area (Å²) >= 11 is 0. The lowest BCUT2D eigenvalue weighted by Crippen LogP contribution is -2.20. The average Bonchev–Trinajstić information content (AvgIpc) is 3.15. The van der Waals surface area contributed by atoms with Crippen LogP contribution in [0, 0.1) is 0 Å². The van der Waals surface area contributed by atoms with E-state index in [4.69, 9.17) is 0 Å². The predicted octanol–water partition coefficient (Wildman–Crippen LogP) is 4.53. The molecule has 3 rings (SSSR count). The molecule has 0 radical (unpaired) electrons. The van der Waals surface area contributed by atoms with E-state index in [2.05, 4.69) is 29.2 Å². The van der Waals surface area contributed by atoms with Crippen LogP contribution < -0.4 is 0 Å². The van der Waals surface area contributed by atoms with Crippen LogP contribution in [0.3, 0.4) is 0 Å². The fourth-order valence-electron chi connectivity index (χ4n) is 3.42. The van der Waals surface area contributed by atoms with E-state index < -0.39 is 0 Å². The Hall–Kier alpha value is -1.93. The first-order valence-corrected chi connectivity index (χ1v) is 9.20. The van der Waals surface area contributed by atoms with Gasteiger partial charge in [-0.25, -0.2) is 0 Å². The summed E-state index contributed by atoms with van der Waals surface area (Å²) in [6.45, 7) is 3.75. The average molecular weight is 321 g/mol. The Morgan fingerprint density at radius 3 is 2.21 bits per heavy atom. The van der Waals surface area contributed by atoms with Crippen LogP contribution in [0.1, 0.15) is 47.2 Å². The van der Waals surface area contributed by atoms with E-state index in [9.17, 15) is 4.79 Å². The first kappa shape index (κ1) is 16.9. The molecule has 2 aromatic rings. The lowest BCUT2D eigenvalue weighted by molar-refractivity contribution is 0.0983. The second-order valence-corrected chi connectivity index (χ2v) is 6.76. The highest BCUT2D eigenvalue weighted by Crippen LogP contribution is 2.13. The third-order valence-electron chi connectivity index (χ3n) is 4.90. The van der Waals surface area contributed by atoms with E-state index in [0.29, 0.717) is 6.42 Å². The number of nitrogens with zero attached hydrogens (tertiary/aromatic N) is 1. The number of hydrogen-bond acceptors (Lipinski definition) is 2. The third kappa shape index (κ3) is 5.04. The van der Waals surface area contributed by atoms with Crippen molar-refractivity contribution in [1.29, 1.82) is 0 Å². The van der Waals surface area contributed by atoms with Gasteiger partial charge >= 0.3 is 0 Å². The molecule has 24 heavy (non-hydrogen) atoms. The van der Waals surface area contributed by atoms with Crippen molar-refractivity contribution in [3.8, 4) is 0 Å². The van der Waals surface area contributed by atoms with Gasteiger partial charge in [-0.3, -0.25) is 4.79 Å². The van der Waals surface area contributed by atoms with Crippen molar-refractivity contribution >= 4 is 5.78 Å². The van der Waals surface area contributed by atoms with Crippen LogP contribution in [0.4, 0.5) is 0 Å². The van der Waals surface area contributed by atoms with Crippen molar-refractivity contribution in [2.75, 3.05) is 19.6 Å². The number of rotatable bonds is 8. The largest absolute Gasteiger partial charge is 0.303 e. The van der Waals surface area contributed by atoms with Crippen molar-refractivity contribution in [3.05, 3.63) is 71.3 Å². The molecule has 0 aromatic heterocycles. The molecule has 1 aliphatic rings. The number of carbonyl (C=O) groups excluding carboxylic acids is 1. The molecule has 0 aliphatic carbocycles. The molecule has 2 heteroatoms. The van der Waals surface area contributed by atoms with Gasteiger partial charge in [0.2, 0.25) is 0 Å². The topological polar surface area (TPSA) is 20.3 Å². The minimum Gasteiger partial charge on any atom is -0.303 e. The van der Waals surface area contributed by atoms with E-state index in [0.717, 1.165) is 18.4 Å². The number of benzene rings is 2. The minimum absolute atomic E-state index is 0.238. The molecule has 126 valence electrons. The van der Waals surface area contributed by atoms with Crippen LogP contribution >= 0.6 is 0 Å². The summed E-state index contributed by atoms with van der Waals surface area (Å²) in [5.41, 5.74) is 3.41. The van der Waals surface area contributed by atoms with Gasteiger partial charge in [0.15, 0.2) is 5.78 Å². The lowest BCUT2D eigenvalue weighted by Gasteiger charge is -2.14. The number of aryl methyl sites for hydroxylation is 2. The second-order valence-electron chi connectivity index (χ2n) is 6.76. The van der Waals surface area contributed by atoms with Crippen LogP contribution in [-0.4, -0.2) is 30.3 Å². The fraction of sp³-hybridized carbons (Fsp3) is 0.409. The van der Waals surface area contributed by atoms with Gasteiger partial charge in [0, 0.05) is 12.0 Å². The molecular formula is C22H27NO. The summed E-state index contributed by atoms with van der Waals surface area (Å²) < 4.78 is 0. The molecule has 0 amide bonds. The Labute approximate surface area is 145 Å². The SMILES string of the molecule is O=C(CCc1ccccc1)c1ccc(CCCN2CCCC2)cc1. The summed E-state index contributed by atoms with van der Waals surface area (Å²) in [7, 11) is 0. The smallest absolute Gasteiger partial charge is 0.163 e. The van der Waals surface area contributed by atoms with Crippen molar-refractivity contribution in [3.63, 3.8) is 0 Å². The van der Waals surface area contributed by atoms with E-state index in [1.807, 2.05) is 30.3 Å². The Morgan fingerprint density at radius 1 is 0.833 bits per heavy atom. The zero-order valence-corrected chi connectivity index (χ0v) is 14.4. The van der Waals surface area contributed by atoms with Crippen molar-refractivity contribution in [2.45, 2.75) is 38.5 Å². The fourth-order valence-corrected chi connectivity index (χ4v) is 3.42. The maximum absolute atomic E-state index is 12.3. The molecule has 1 saturated heterocycles. The van der Waals surface area contributed by atoms with Gasteiger partial charge < -0.3 is 4.90 Å². The van der Waals surface area contributed by atoms with Gasteiger partial charge in [-0.2, -0.15) is 0 Å². The number of hydrogen-bond donors (Lipinski definition) is 0. The van der Waals surface area contributed by atoms with Crippen molar-refractivity contribution in [2.24, 2.45) is 0 Å². The highest BCUT2D eigenvalue weighted by molar-refractivity contribution is 5.96. The van der Waals surface area contributed by atoms with Gasteiger partial charge in [-0.1, -0.05) is 54.6 Å². The Kier molecular flexibility index (Phi) is 6.20. The molecule has 1 aliphatic heterocycles. The molecule has 1 heterocycles. The molecule has 0 spiro atoms. The molecule has 0 bridgehead atoms.